The molecule has 1 amide bonds. The summed E-state index contributed by atoms with van der Waals surface area (Å²) >= 11 is 0. The Morgan fingerprint density at radius 3 is 2.59 bits per heavy atom. The van der Waals surface area contributed by atoms with Gasteiger partial charge in [0.1, 0.15) is 12.3 Å². The maximum atomic E-state index is 11.7. The lowest BCUT2D eigenvalue weighted by Gasteiger charge is -2.13. The summed E-state index contributed by atoms with van der Waals surface area (Å²) in [5, 5.41) is 10.8. The first-order chi connectivity index (χ1) is 8.00. The molecule has 0 aliphatic rings. The summed E-state index contributed by atoms with van der Waals surface area (Å²) in [7, 11) is 0. The Balaban J connectivity index is 2.81. The summed E-state index contributed by atoms with van der Waals surface area (Å²) in [5.74, 6) is -1.09. The van der Waals surface area contributed by atoms with Crippen LogP contribution >= 0.6 is 0 Å². The van der Waals surface area contributed by atoms with Gasteiger partial charge in [0.25, 0.3) is 5.91 Å². The van der Waals surface area contributed by atoms with E-state index in [9.17, 15) is 9.59 Å². The van der Waals surface area contributed by atoms with Gasteiger partial charge in [0.2, 0.25) is 0 Å². The number of rotatable bonds is 5. The van der Waals surface area contributed by atoms with E-state index in [0.717, 1.165) is 0 Å². The lowest BCUT2D eigenvalue weighted by molar-refractivity contribution is -0.135. The number of para-hydroxylation sites is 1. The summed E-state index contributed by atoms with van der Waals surface area (Å²) in [6.07, 6.45) is -0.0524. The largest absolute Gasteiger partial charge is 0.490 e. The van der Waals surface area contributed by atoms with E-state index in [-0.39, 0.29) is 6.10 Å². The predicted molar refractivity (Wildman–Crippen MR) is 62.2 cm³/mol. The highest BCUT2D eigenvalue weighted by Gasteiger charge is 2.13. The Labute approximate surface area is 99.4 Å². The van der Waals surface area contributed by atoms with Crippen molar-refractivity contribution in [2.24, 2.45) is 0 Å². The molecule has 92 valence electrons. The second-order valence-electron chi connectivity index (χ2n) is 3.74. The molecule has 17 heavy (non-hydrogen) atoms. The van der Waals surface area contributed by atoms with Crippen molar-refractivity contribution in [1.29, 1.82) is 0 Å². The van der Waals surface area contributed by atoms with Gasteiger partial charge < -0.3 is 15.2 Å². The molecule has 0 spiro atoms. The second-order valence-corrected chi connectivity index (χ2v) is 3.74. The first-order valence-electron chi connectivity index (χ1n) is 5.26. The zero-order valence-electron chi connectivity index (χ0n) is 9.77. The van der Waals surface area contributed by atoms with Crippen molar-refractivity contribution < 1.29 is 19.4 Å². The molecule has 0 aliphatic heterocycles. The fourth-order valence-electron chi connectivity index (χ4n) is 1.26. The normalized spacial score (nSPS) is 10.1. The number of carboxylic acid groups (broad SMARTS) is 1. The van der Waals surface area contributed by atoms with Gasteiger partial charge in [-0.2, -0.15) is 0 Å². The van der Waals surface area contributed by atoms with Gasteiger partial charge in [-0.05, 0) is 26.0 Å². The fourth-order valence-corrected chi connectivity index (χ4v) is 1.26. The Hall–Kier alpha value is -2.04. The van der Waals surface area contributed by atoms with Crippen molar-refractivity contribution in [3.8, 4) is 5.75 Å². The second kappa shape index (κ2) is 5.89. The minimum atomic E-state index is -1.08. The SMILES string of the molecule is CC(C)Oc1ccccc1C(=O)NCC(=O)O. The van der Waals surface area contributed by atoms with E-state index in [0.29, 0.717) is 11.3 Å². The third-order valence-corrected chi connectivity index (χ3v) is 1.89. The van der Waals surface area contributed by atoms with Gasteiger partial charge >= 0.3 is 5.97 Å². The summed E-state index contributed by atoms with van der Waals surface area (Å²) in [6, 6.07) is 6.72. The molecule has 1 aromatic carbocycles. The molecule has 0 aromatic heterocycles. The Morgan fingerprint density at radius 2 is 2.00 bits per heavy atom. The fraction of sp³-hybridized carbons (Fsp3) is 0.333. The number of amides is 1. The molecule has 0 bridgehead atoms. The van der Waals surface area contributed by atoms with Crippen LogP contribution in [0.15, 0.2) is 24.3 Å². The lowest BCUT2D eigenvalue weighted by Crippen LogP contribution is -2.29. The predicted octanol–water partition coefficient (Wildman–Crippen LogP) is 1.29. The average molecular weight is 237 g/mol. The van der Waals surface area contributed by atoms with E-state index in [1.54, 1.807) is 24.3 Å². The van der Waals surface area contributed by atoms with Crippen LogP contribution in [-0.4, -0.2) is 29.6 Å². The van der Waals surface area contributed by atoms with Crippen molar-refractivity contribution in [2.45, 2.75) is 20.0 Å². The highest BCUT2D eigenvalue weighted by Crippen LogP contribution is 2.18. The number of aliphatic carboxylic acids is 1. The number of carbonyl (C=O) groups excluding carboxylic acids is 1. The lowest BCUT2D eigenvalue weighted by atomic mass is 10.2. The van der Waals surface area contributed by atoms with Crippen LogP contribution in [0.3, 0.4) is 0 Å². The molecule has 0 fully saturated rings. The number of nitrogens with one attached hydrogen (secondary N) is 1. The summed E-state index contributed by atoms with van der Waals surface area (Å²) < 4.78 is 5.47. The van der Waals surface area contributed by atoms with Gasteiger partial charge in [-0.1, -0.05) is 12.1 Å². The Bertz CT molecular complexity index is 415. The number of carboxylic acids is 1. The van der Waals surface area contributed by atoms with Crippen LogP contribution < -0.4 is 10.1 Å². The molecule has 0 saturated heterocycles. The maximum Gasteiger partial charge on any atom is 0.322 e. The molecular formula is C12H15NO4. The van der Waals surface area contributed by atoms with Gasteiger partial charge in [0.15, 0.2) is 0 Å². The number of carbonyl (C=O) groups is 2. The summed E-state index contributed by atoms with van der Waals surface area (Å²) in [6.45, 7) is 3.30. The molecule has 1 rings (SSSR count). The van der Waals surface area contributed by atoms with E-state index in [1.807, 2.05) is 13.8 Å². The maximum absolute atomic E-state index is 11.7. The summed E-state index contributed by atoms with van der Waals surface area (Å²) in [4.78, 5) is 22.0. The molecule has 0 aliphatic carbocycles. The van der Waals surface area contributed by atoms with Gasteiger partial charge in [0.05, 0.1) is 11.7 Å². The zero-order valence-corrected chi connectivity index (χ0v) is 9.77. The van der Waals surface area contributed by atoms with Crippen molar-refractivity contribution >= 4 is 11.9 Å². The average Bonchev–Trinajstić information content (AvgIpc) is 2.25. The topological polar surface area (TPSA) is 75.6 Å². The van der Waals surface area contributed by atoms with E-state index in [1.165, 1.54) is 0 Å². The molecule has 1 aromatic rings. The van der Waals surface area contributed by atoms with Crippen LogP contribution in [0.1, 0.15) is 24.2 Å². The first kappa shape index (κ1) is 13.0. The Kier molecular flexibility index (Phi) is 4.51. The molecule has 5 heteroatoms. The summed E-state index contributed by atoms with van der Waals surface area (Å²) in [5.41, 5.74) is 0.336. The van der Waals surface area contributed by atoms with Crippen molar-refractivity contribution in [2.75, 3.05) is 6.54 Å². The molecule has 0 saturated carbocycles. The molecule has 0 unspecified atom stereocenters. The quantitative estimate of drug-likeness (QED) is 0.809. The third-order valence-electron chi connectivity index (χ3n) is 1.89. The number of hydrogen-bond donors (Lipinski definition) is 2. The van der Waals surface area contributed by atoms with Crippen molar-refractivity contribution in [3.05, 3.63) is 29.8 Å². The molecule has 0 heterocycles. The highest BCUT2D eigenvalue weighted by atomic mass is 16.5. The molecule has 5 nitrogen and oxygen atoms in total. The van der Waals surface area contributed by atoms with E-state index < -0.39 is 18.4 Å². The standard InChI is InChI=1S/C12H15NO4/c1-8(2)17-10-6-4-3-5-9(10)12(16)13-7-11(14)15/h3-6,8H,7H2,1-2H3,(H,13,16)(H,14,15). The number of benzene rings is 1. The minimum absolute atomic E-state index is 0.0524. The smallest absolute Gasteiger partial charge is 0.322 e. The minimum Gasteiger partial charge on any atom is -0.490 e. The molecular weight excluding hydrogens is 222 g/mol. The van der Waals surface area contributed by atoms with Crippen LogP contribution in [0.25, 0.3) is 0 Å². The number of hydrogen-bond acceptors (Lipinski definition) is 3. The Morgan fingerprint density at radius 1 is 1.35 bits per heavy atom. The molecule has 2 N–H and O–H groups in total. The van der Waals surface area contributed by atoms with Crippen LogP contribution in [-0.2, 0) is 4.79 Å². The third kappa shape index (κ3) is 4.14. The van der Waals surface area contributed by atoms with Gasteiger partial charge in [0, 0.05) is 0 Å². The van der Waals surface area contributed by atoms with Gasteiger partial charge in [-0.25, -0.2) is 0 Å². The molecule has 0 radical (unpaired) electrons. The molecule has 0 atom stereocenters. The van der Waals surface area contributed by atoms with Crippen molar-refractivity contribution in [1.82, 2.24) is 5.32 Å². The van der Waals surface area contributed by atoms with E-state index in [4.69, 9.17) is 9.84 Å². The van der Waals surface area contributed by atoms with Gasteiger partial charge in [-0.15, -0.1) is 0 Å². The van der Waals surface area contributed by atoms with Crippen LogP contribution in [0, 0.1) is 0 Å². The van der Waals surface area contributed by atoms with Gasteiger partial charge in [-0.3, -0.25) is 9.59 Å². The van der Waals surface area contributed by atoms with Crippen LogP contribution in [0.5, 0.6) is 5.75 Å². The van der Waals surface area contributed by atoms with E-state index >= 15 is 0 Å². The zero-order chi connectivity index (χ0) is 12.8. The number of ether oxygens (including phenoxy) is 1. The van der Waals surface area contributed by atoms with E-state index in [2.05, 4.69) is 5.32 Å². The highest BCUT2D eigenvalue weighted by molar-refractivity contribution is 5.98. The first-order valence-corrected chi connectivity index (χ1v) is 5.26. The van der Waals surface area contributed by atoms with Crippen LogP contribution in [0.2, 0.25) is 0 Å². The monoisotopic (exact) mass is 237 g/mol. The van der Waals surface area contributed by atoms with Crippen LogP contribution in [0.4, 0.5) is 0 Å². The van der Waals surface area contributed by atoms with Crippen molar-refractivity contribution in [3.63, 3.8) is 0 Å².